The fourth-order valence-corrected chi connectivity index (χ4v) is 7.88. The van der Waals surface area contributed by atoms with Crippen molar-refractivity contribution >= 4 is 122 Å². The Balaban J connectivity index is 0.000000204. The first kappa shape index (κ1) is 65.2. The van der Waals surface area contributed by atoms with Gasteiger partial charge in [0.05, 0.1) is 28.9 Å². The summed E-state index contributed by atoms with van der Waals surface area (Å²) in [7, 11) is 11.3. The van der Waals surface area contributed by atoms with Crippen molar-refractivity contribution in [1.29, 1.82) is 0 Å². The van der Waals surface area contributed by atoms with Crippen LogP contribution >= 0.6 is 91.1 Å². The predicted octanol–water partition coefficient (Wildman–Crippen LogP) is 13.5. The van der Waals surface area contributed by atoms with Crippen LogP contribution in [0.25, 0.3) is 0 Å². The van der Waals surface area contributed by atoms with E-state index in [-0.39, 0.29) is 40.8 Å². The third-order valence-corrected chi connectivity index (χ3v) is 13.1. The third-order valence-electron chi connectivity index (χ3n) is 10.5. The fourth-order valence-electron chi connectivity index (χ4n) is 6.76. The number of nitrogens with zero attached hydrogens (tertiary/aromatic N) is 5. The molecule has 4 aromatic heterocycles. The first-order chi connectivity index (χ1) is 38.5. The van der Waals surface area contributed by atoms with E-state index in [1.807, 2.05) is 98.8 Å². The van der Waals surface area contributed by atoms with Gasteiger partial charge in [0.25, 0.3) is 12.0 Å². The number of H-pyrrole nitrogens is 2. The zero-order valence-corrected chi connectivity index (χ0v) is 51.1. The molecule has 81 heavy (non-hydrogen) atoms. The second kappa shape index (κ2) is 32.1. The van der Waals surface area contributed by atoms with E-state index >= 15 is 0 Å². The molecule has 9 rings (SSSR count). The van der Waals surface area contributed by atoms with Crippen LogP contribution in [0.4, 0.5) is 27.8 Å². The van der Waals surface area contributed by atoms with Crippen LogP contribution in [0.5, 0.6) is 5.75 Å². The second-order valence-corrected chi connectivity index (χ2v) is 21.2. The van der Waals surface area contributed by atoms with Gasteiger partial charge in [0, 0.05) is 91.8 Å². The predicted molar refractivity (Wildman–Crippen MR) is 328 cm³/mol. The molecule has 0 aliphatic heterocycles. The van der Waals surface area contributed by atoms with Gasteiger partial charge in [-0.2, -0.15) is 9.97 Å². The van der Waals surface area contributed by atoms with Gasteiger partial charge < -0.3 is 37.7 Å². The van der Waals surface area contributed by atoms with Gasteiger partial charge >= 0.3 is 47.3 Å². The number of aromatic nitrogens is 4. The standard InChI is InChI=1S/C22H23ClFN3O3.C13H12BrClN2O2.C10H7BrClNO2.C10H8ClNO2.BHNS/c1-13(2)29-19-10-9-16(12-17(19)24)25-20-18(11-14-5-7-15(23)8-6-14)26-22(27(3)4)30-21(20)28;1-17(2)13-16-10(11(14)12(18)19-13)7-8-3-5-9(15)6-4-8;11-9-8(13-15-10(9)14)5-6-1-3-7(12)4-2-6;11-8-3-1-7(2-4-8)5-9-6-10(13)14-12-9;1-2-3/h5-10,12-13,25H,11H2,1-4H3;3-6H,7H2,1-2H3;1-4,13H,5H2;1-4,6,12H,5H2;3H. The molecule has 0 saturated heterocycles. The number of aromatic amines is 2. The molecule has 0 saturated carbocycles. The van der Waals surface area contributed by atoms with Crippen LogP contribution < -0.4 is 42.4 Å². The number of hydrogen-bond donors (Lipinski definition) is 4. The van der Waals surface area contributed by atoms with Gasteiger partial charge in [-0.05, 0) is 129 Å². The van der Waals surface area contributed by atoms with E-state index in [1.165, 1.54) is 18.2 Å². The average Bonchev–Trinajstić information content (AvgIpc) is 4.04. The molecule has 17 nitrogen and oxygen atoms in total. The summed E-state index contributed by atoms with van der Waals surface area (Å²) in [6.45, 7) is 3.63. The topological polar surface area (TPSA) is 218 Å². The van der Waals surface area contributed by atoms with E-state index in [1.54, 1.807) is 56.2 Å². The van der Waals surface area contributed by atoms with Crippen molar-refractivity contribution in [1.82, 2.24) is 20.3 Å². The molecule has 0 amide bonds. The van der Waals surface area contributed by atoms with Crippen molar-refractivity contribution in [2.45, 2.75) is 45.6 Å². The summed E-state index contributed by atoms with van der Waals surface area (Å²) < 4.78 is 42.8. The van der Waals surface area contributed by atoms with Crippen molar-refractivity contribution in [2.75, 3.05) is 43.3 Å². The molecule has 0 fully saturated rings. The van der Waals surface area contributed by atoms with Crippen molar-refractivity contribution in [3.63, 3.8) is 0 Å². The molecule has 0 bridgehead atoms. The normalized spacial score (nSPS) is 10.4. The van der Waals surface area contributed by atoms with Crippen LogP contribution in [0.2, 0.25) is 20.1 Å². The quantitative estimate of drug-likeness (QED) is 0.0588. The number of hydrogen-bond acceptors (Lipinski definition) is 16. The van der Waals surface area contributed by atoms with Crippen molar-refractivity contribution in [3.8, 4) is 5.75 Å². The Morgan fingerprint density at radius 3 is 1.49 bits per heavy atom. The van der Waals surface area contributed by atoms with Gasteiger partial charge in [-0.1, -0.05) is 94.9 Å². The van der Waals surface area contributed by atoms with Gasteiger partial charge in [0.2, 0.25) is 0 Å². The first-order valence-electron chi connectivity index (χ1n) is 23.9. The van der Waals surface area contributed by atoms with Crippen molar-refractivity contribution in [3.05, 3.63) is 243 Å². The Morgan fingerprint density at radius 1 is 0.630 bits per heavy atom. The number of nitrogens with one attached hydrogen (secondary N) is 3. The summed E-state index contributed by atoms with van der Waals surface area (Å²) in [6, 6.07) is 35.9. The zero-order valence-electron chi connectivity index (χ0n) is 44.0. The SMILES string of the molecule is CC(C)Oc1ccc(Nc2c(Cc3ccc(Cl)cc3)nc(N(C)C)oc2=O)cc1F.CN(C)c1nc(Cc2ccc(Cl)cc2)c(Br)c(=O)o1.O=c1cc(Cc2ccc(Cl)cc2)[nH]o1.O=c1o[nH]c(Cc2ccc(Cl)cc2)c1Br.[B]=NS. The van der Waals surface area contributed by atoms with Crippen LogP contribution in [0.3, 0.4) is 0 Å². The summed E-state index contributed by atoms with van der Waals surface area (Å²) in [5.41, 5.74) is 5.42. The van der Waals surface area contributed by atoms with Gasteiger partial charge in [0.15, 0.2) is 11.6 Å². The molecule has 1 radical (unpaired) electrons. The molecule has 423 valence electrons. The van der Waals surface area contributed by atoms with Gasteiger partial charge in [-0.3, -0.25) is 0 Å². The molecule has 0 aliphatic rings. The maximum absolute atomic E-state index is 14.4. The van der Waals surface area contributed by atoms with Gasteiger partial charge in [-0.15, -0.1) is 0 Å². The summed E-state index contributed by atoms with van der Waals surface area (Å²) in [5.74, 6) is -0.389. The Kier molecular flexibility index (Phi) is 25.8. The molecule has 0 atom stereocenters. The number of thiol groups is 1. The van der Waals surface area contributed by atoms with Gasteiger partial charge in [0.1, 0.15) is 14.6 Å². The molecule has 4 heterocycles. The number of anilines is 4. The number of rotatable bonds is 14. The molecule has 26 heteroatoms. The number of ether oxygens (including phenoxy) is 1. The Labute approximate surface area is 507 Å². The number of benzene rings is 5. The monoisotopic (exact) mass is 1330 g/mol. The van der Waals surface area contributed by atoms with E-state index < -0.39 is 17.1 Å². The van der Waals surface area contributed by atoms with Crippen LogP contribution in [-0.2, 0) is 25.7 Å². The van der Waals surface area contributed by atoms with Crippen LogP contribution in [-0.4, -0.2) is 62.2 Å². The summed E-state index contributed by atoms with van der Waals surface area (Å²) in [6.07, 6.45) is 1.98. The summed E-state index contributed by atoms with van der Waals surface area (Å²) in [5, 5.41) is 10.8. The molecular weight excluding hydrogens is 1280 g/mol. The molecule has 5 aromatic carbocycles. The summed E-state index contributed by atoms with van der Waals surface area (Å²) >= 11 is 32.9. The molecular formula is C55H51BBr2Cl4FN8O9S. The van der Waals surface area contributed by atoms with E-state index in [4.69, 9.17) is 60.0 Å². The Hall–Kier alpha value is -6.66. The second-order valence-electron chi connectivity index (χ2n) is 17.7. The minimum atomic E-state index is -0.597. The number of halogens is 7. The molecule has 0 spiro atoms. The fraction of sp³-hybridized carbons (Fsp3) is 0.200. The average molecular weight is 1330 g/mol. The zero-order chi connectivity index (χ0) is 59.3. The molecule has 9 aromatic rings. The van der Waals surface area contributed by atoms with Crippen LogP contribution in [0, 0.1) is 5.82 Å². The first-order valence-corrected chi connectivity index (χ1v) is 27.4. The van der Waals surface area contributed by atoms with E-state index in [0.717, 1.165) is 33.6 Å². The van der Waals surface area contributed by atoms with E-state index in [2.05, 4.69) is 91.3 Å². The Morgan fingerprint density at radius 2 is 1.07 bits per heavy atom. The third kappa shape index (κ3) is 21.3. The van der Waals surface area contributed by atoms with Crippen LogP contribution in [0.15, 0.2) is 172 Å². The van der Waals surface area contributed by atoms with E-state index in [9.17, 15) is 23.6 Å². The van der Waals surface area contributed by atoms with Crippen molar-refractivity contribution in [2.24, 2.45) is 4.30 Å². The molecule has 0 aliphatic carbocycles. The van der Waals surface area contributed by atoms with Gasteiger partial charge in [-0.25, -0.2) is 33.9 Å². The molecule has 0 unspecified atom stereocenters. The van der Waals surface area contributed by atoms with E-state index in [0.29, 0.717) is 71.8 Å². The van der Waals surface area contributed by atoms with Crippen molar-refractivity contribution < 1.29 is 27.0 Å². The Bertz CT molecular complexity index is 3720. The maximum atomic E-state index is 14.4. The van der Waals surface area contributed by atoms with Crippen LogP contribution in [0.1, 0.15) is 58.9 Å². The molecule has 3 N–H and O–H groups in total. The minimum absolute atomic E-state index is 0.144. The summed E-state index contributed by atoms with van der Waals surface area (Å²) in [4.78, 5) is 58.2.